The van der Waals surface area contributed by atoms with Crippen molar-refractivity contribution in [3.05, 3.63) is 58.0 Å². The molecular formula is C53H74N6O12. The van der Waals surface area contributed by atoms with E-state index in [1.165, 1.54) is 26.4 Å². The van der Waals surface area contributed by atoms with Gasteiger partial charge in [-0.2, -0.15) is 0 Å². The summed E-state index contributed by atoms with van der Waals surface area (Å²) < 4.78 is 24.6. The number of aromatic hydroxyl groups is 2. The number of allylic oxidation sites excluding steroid dienone is 2. The van der Waals surface area contributed by atoms with Crippen molar-refractivity contribution in [3.8, 4) is 17.2 Å². The van der Waals surface area contributed by atoms with Gasteiger partial charge in [-0.25, -0.2) is 0 Å². The first-order chi connectivity index (χ1) is 33.5. The highest BCUT2D eigenvalue weighted by atomic mass is 16.7. The fourth-order valence-electron chi connectivity index (χ4n) is 10.7. The molecule has 2 amide bonds. The highest BCUT2D eigenvalue weighted by Gasteiger charge is 2.50. The second-order valence-corrected chi connectivity index (χ2v) is 21.0. The Balaban J connectivity index is 1.31. The minimum atomic E-state index is -2.01. The number of amides is 2. The number of carbonyl (C=O) groups is 4. The molecule has 18 nitrogen and oxygen atoms in total. The number of nitrogens with zero attached hydrogens (tertiary/aromatic N) is 5. The number of methoxy groups -OCH3 is 1. The monoisotopic (exact) mass is 987 g/mol. The normalized spacial score (nSPS) is 31.5. The van der Waals surface area contributed by atoms with Crippen molar-refractivity contribution in [2.24, 2.45) is 39.6 Å². The zero-order valence-corrected chi connectivity index (χ0v) is 43.2. The van der Waals surface area contributed by atoms with Gasteiger partial charge in [-0.15, -0.1) is 0 Å². The van der Waals surface area contributed by atoms with Crippen LogP contribution in [0.1, 0.15) is 97.0 Å². The number of likely N-dealkylation sites (N-methyl/N-ethyl adjacent to an activating group) is 1. The standard InChI is InChI=1S/C53H74N6O12/c1-28(2)27-58-21-17-53(18-22-58)55-41-38-39-46(64)34(8)49-40(38)50(66)52(9,71-49)69-25-16-35(68-11)31(5)48(70-37(61)26-36(60)59-20-13-19-57(10)23-24-59)33(7)45(63)32(6)44(62)29(3)14-12-15-30(4)51(67)54-43(47(39)65)42(41)56-53/h12,14-16,25,28-29,31-33,35,44-45,48,62-65H,13,17-24,26-27H2,1-11H3,(H,54,67)/b14-12+,25-16+,30-15-/t29-,31+,32+,33+,35-,44-,45+,48+,52-/m0/s1. The molecule has 5 N–H and O–H groups in total. The Kier molecular flexibility index (Phi) is 16.1. The number of ether oxygens (including phenoxy) is 4. The van der Waals surface area contributed by atoms with Crippen LogP contribution in [0, 0.1) is 36.5 Å². The van der Waals surface area contributed by atoms with Gasteiger partial charge in [-0.1, -0.05) is 59.8 Å². The van der Waals surface area contributed by atoms with Crippen molar-refractivity contribution in [3.63, 3.8) is 0 Å². The summed E-state index contributed by atoms with van der Waals surface area (Å²) in [4.78, 5) is 72.6. The minimum Gasteiger partial charge on any atom is -0.507 e. The van der Waals surface area contributed by atoms with Gasteiger partial charge in [0.15, 0.2) is 11.4 Å². The van der Waals surface area contributed by atoms with E-state index in [0.717, 1.165) is 19.5 Å². The first-order valence-electron chi connectivity index (χ1n) is 25.1. The second-order valence-electron chi connectivity index (χ2n) is 21.0. The summed E-state index contributed by atoms with van der Waals surface area (Å²) in [5, 5.41) is 50.9. The number of likely N-dealkylation sites (tertiary alicyclic amines) is 1. The lowest BCUT2D eigenvalue weighted by Crippen LogP contribution is -2.47. The molecule has 1 spiro atoms. The van der Waals surface area contributed by atoms with Crippen LogP contribution < -0.4 is 20.8 Å². The van der Waals surface area contributed by atoms with Gasteiger partial charge in [0, 0.05) is 106 Å². The molecule has 18 heteroatoms. The number of anilines is 1. The highest BCUT2D eigenvalue weighted by molar-refractivity contribution is 6.19. The van der Waals surface area contributed by atoms with Crippen molar-refractivity contribution in [1.29, 1.82) is 0 Å². The Morgan fingerprint density at radius 2 is 1.59 bits per heavy atom. The van der Waals surface area contributed by atoms with Gasteiger partial charge < -0.3 is 59.4 Å². The molecule has 8 rings (SSSR count). The molecule has 2 fully saturated rings. The number of phenolic OH excluding ortho intramolecular Hbond substituents is 2. The molecule has 0 radical (unpaired) electrons. The summed E-state index contributed by atoms with van der Waals surface area (Å²) in [5.74, 6) is -7.63. The van der Waals surface area contributed by atoms with Gasteiger partial charge in [-0.3, -0.25) is 29.2 Å². The number of benzene rings is 2. The van der Waals surface area contributed by atoms with Crippen LogP contribution in [0.4, 0.5) is 5.69 Å². The number of fused-ring (bicyclic) bond motifs is 13. The predicted molar refractivity (Wildman–Crippen MR) is 265 cm³/mol. The number of piperidine rings is 1. The van der Waals surface area contributed by atoms with E-state index in [9.17, 15) is 39.6 Å². The first-order valence-corrected chi connectivity index (χ1v) is 25.1. The van der Waals surface area contributed by atoms with Crippen LogP contribution in [0.3, 0.4) is 0 Å². The molecule has 0 saturated carbocycles. The fraction of sp³-hybridized carbons (Fsp3) is 0.623. The molecule has 0 aliphatic carbocycles. The van der Waals surface area contributed by atoms with Crippen LogP contribution in [-0.2, 0) is 28.6 Å². The average molecular weight is 987 g/mol. The van der Waals surface area contributed by atoms with Gasteiger partial charge in [0.25, 0.3) is 11.7 Å². The number of aliphatic hydroxyl groups excluding tert-OH is 2. The van der Waals surface area contributed by atoms with Crippen LogP contribution in [0.2, 0.25) is 0 Å². The molecule has 6 aliphatic rings. The topological polar surface area (TPSA) is 233 Å². The molecule has 9 atom stereocenters. The van der Waals surface area contributed by atoms with Crippen molar-refractivity contribution < 1.29 is 58.6 Å². The van der Waals surface area contributed by atoms with Crippen molar-refractivity contribution in [2.45, 2.75) is 124 Å². The molecule has 2 aromatic rings. The summed E-state index contributed by atoms with van der Waals surface area (Å²) in [6.45, 7) is 20.6. The summed E-state index contributed by atoms with van der Waals surface area (Å²) in [6.07, 6.45) is 4.69. The molecule has 388 valence electrons. The third kappa shape index (κ3) is 10.7. The smallest absolute Gasteiger partial charge is 0.315 e. The largest absolute Gasteiger partial charge is 0.507 e. The highest BCUT2D eigenvalue weighted by Crippen LogP contribution is 2.50. The van der Waals surface area contributed by atoms with E-state index in [-0.39, 0.29) is 55.5 Å². The number of Topliss-reactive ketones (excluding diaryl/α,β-unsaturated/α-hetero) is 1. The lowest BCUT2D eigenvalue weighted by Gasteiger charge is -2.38. The van der Waals surface area contributed by atoms with Gasteiger partial charge in [0.2, 0.25) is 5.91 Å². The lowest BCUT2D eigenvalue weighted by molar-refractivity contribution is -0.165. The summed E-state index contributed by atoms with van der Waals surface area (Å²) >= 11 is 0. The molecule has 71 heavy (non-hydrogen) atoms. The van der Waals surface area contributed by atoms with E-state index in [2.05, 4.69) is 29.0 Å². The lowest BCUT2D eigenvalue weighted by atomic mass is 9.78. The summed E-state index contributed by atoms with van der Waals surface area (Å²) in [7, 11) is 3.43. The van der Waals surface area contributed by atoms with E-state index in [1.54, 1.807) is 64.7 Å². The van der Waals surface area contributed by atoms with Gasteiger partial charge in [-0.05, 0) is 45.9 Å². The first kappa shape index (κ1) is 53.4. The van der Waals surface area contributed by atoms with Crippen molar-refractivity contribution in [1.82, 2.24) is 14.7 Å². The number of hydrogen-bond donors (Lipinski definition) is 5. The van der Waals surface area contributed by atoms with E-state index in [0.29, 0.717) is 51.5 Å². The van der Waals surface area contributed by atoms with Gasteiger partial charge >= 0.3 is 11.8 Å². The fourth-order valence-corrected chi connectivity index (χ4v) is 10.7. The third-order valence-corrected chi connectivity index (χ3v) is 15.2. The molecule has 0 aromatic heterocycles. The summed E-state index contributed by atoms with van der Waals surface area (Å²) in [5.41, 5.74) is -0.680. The van der Waals surface area contributed by atoms with E-state index in [1.807, 2.05) is 7.05 Å². The quantitative estimate of drug-likeness (QED) is 0.155. The number of carbonyl (C=O) groups excluding carboxylic acids is 4. The zero-order chi connectivity index (χ0) is 51.9. The van der Waals surface area contributed by atoms with Crippen molar-refractivity contribution >= 4 is 40.0 Å². The van der Waals surface area contributed by atoms with E-state index >= 15 is 0 Å². The van der Waals surface area contributed by atoms with Crippen LogP contribution in [-0.4, -0.2) is 155 Å². The number of esters is 1. The van der Waals surface area contributed by atoms with E-state index < -0.39 is 95.1 Å². The Morgan fingerprint density at radius 3 is 2.27 bits per heavy atom. The zero-order valence-electron chi connectivity index (χ0n) is 43.2. The average Bonchev–Trinajstić information content (AvgIpc) is 3.72. The number of aliphatic hydroxyl groups is 2. The Bertz CT molecular complexity index is 2620. The molecule has 0 unspecified atom stereocenters. The number of ketones is 1. The number of rotatable bonds is 6. The maximum atomic E-state index is 14.9. The number of hydrogen-bond acceptors (Lipinski definition) is 16. The van der Waals surface area contributed by atoms with Gasteiger partial charge in [0.05, 0.1) is 40.9 Å². The van der Waals surface area contributed by atoms with Gasteiger partial charge in [0.1, 0.15) is 35.1 Å². The van der Waals surface area contributed by atoms with E-state index in [4.69, 9.17) is 28.9 Å². The van der Waals surface area contributed by atoms with Crippen molar-refractivity contribution in [2.75, 3.05) is 65.3 Å². The molecule has 2 aromatic carbocycles. The Morgan fingerprint density at radius 1 is 0.901 bits per heavy atom. The molecule has 5 bridgehead atoms. The predicted octanol–water partition coefficient (Wildman–Crippen LogP) is 4.28. The van der Waals surface area contributed by atoms with Crippen LogP contribution in [0.5, 0.6) is 17.2 Å². The molecule has 6 heterocycles. The van der Waals surface area contributed by atoms with Crippen LogP contribution >= 0.6 is 0 Å². The second kappa shape index (κ2) is 21.4. The SMILES string of the molecule is CO[C@H]1/C=C/O[C@@]2(C)Oc3c(C)c(O)c4c(O)c(c5c(c4c3C2=O)=NC2(CCN(CC(C)C)CC2)N=5)NC(=O)/C(C)=C\C=C\[C@H](C)[C@H](O)[C@@H](C)[C@@H](O)[C@@H](C)[C@H](OC(=O)CC(=O)N2CCCN(C)CC2)[C@@H]1C. The number of phenols is 2. The molecule has 2 saturated heterocycles. The molecule has 6 aliphatic heterocycles. The number of nitrogens with one attached hydrogen (secondary N) is 1. The third-order valence-electron chi connectivity index (χ3n) is 15.2. The maximum absolute atomic E-state index is 14.9. The van der Waals surface area contributed by atoms with Crippen LogP contribution in [0.15, 0.2) is 46.1 Å². The molecular weight excluding hydrogens is 913 g/mol. The summed E-state index contributed by atoms with van der Waals surface area (Å²) in [6, 6.07) is 0. The van der Waals surface area contributed by atoms with Crippen LogP contribution in [0.25, 0.3) is 10.8 Å². The Labute approximate surface area is 416 Å². The Hall–Kier alpha value is -5.40. The maximum Gasteiger partial charge on any atom is 0.315 e. The minimum absolute atomic E-state index is 0.0122.